The van der Waals surface area contributed by atoms with Gasteiger partial charge >= 0.3 is 0 Å². The molecule has 4 rings (SSSR count). The molecule has 0 atom stereocenters. The minimum Gasteiger partial charge on any atom is -0.497 e. The Balaban J connectivity index is 1.65. The van der Waals surface area contributed by atoms with Crippen LogP contribution >= 0.6 is 0 Å². The van der Waals surface area contributed by atoms with Crippen LogP contribution in [0.1, 0.15) is 36.6 Å². The molecular weight excluding hydrogens is 396 g/mol. The van der Waals surface area contributed by atoms with Gasteiger partial charge in [0.2, 0.25) is 0 Å². The number of hydrogen-bond acceptors (Lipinski definition) is 5. The lowest BCUT2D eigenvalue weighted by atomic mass is 10.1. The Bertz CT molecular complexity index is 1220. The molecule has 0 aliphatic carbocycles. The van der Waals surface area contributed by atoms with Crippen molar-refractivity contribution >= 4 is 29.1 Å². The second-order valence-corrected chi connectivity index (χ2v) is 7.01. The summed E-state index contributed by atoms with van der Waals surface area (Å²) in [7, 11) is 3.02. The van der Waals surface area contributed by atoms with Crippen LogP contribution < -0.4 is 19.7 Å². The average molecular weight is 416 g/mol. The highest BCUT2D eigenvalue weighted by Crippen LogP contribution is 2.32. The Morgan fingerprint density at radius 2 is 1.61 bits per heavy atom. The first-order valence-corrected chi connectivity index (χ1v) is 9.56. The molecule has 0 aromatic heterocycles. The molecule has 0 bridgehead atoms. The molecule has 1 N–H and O–H groups in total. The van der Waals surface area contributed by atoms with Crippen molar-refractivity contribution in [3.8, 4) is 11.5 Å². The maximum atomic E-state index is 13.0. The van der Waals surface area contributed by atoms with Crippen molar-refractivity contribution in [2.45, 2.75) is 6.92 Å². The van der Waals surface area contributed by atoms with E-state index in [1.165, 1.54) is 32.4 Å². The molecule has 7 nitrogen and oxygen atoms in total. The largest absolute Gasteiger partial charge is 0.497 e. The highest BCUT2D eigenvalue weighted by Gasteiger charge is 2.37. The minimum absolute atomic E-state index is 0.193. The van der Waals surface area contributed by atoms with Gasteiger partial charge in [0.25, 0.3) is 17.7 Å². The van der Waals surface area contributed by atoms with Crippen LogP contribution in [0, 0.1) is 6.92 Å². The maximum Gasteiger partial charge on any atom is 0.266 e. The van der Waals surface area contributed by atoms with Gasteiger partial charge in [-0.15, -0.1) is 0 Å². The van der Waals surface area contributed by atoms with Gasteiger partial charge < -0.3 is 14.8 Å². The van der Waals surface area contributed by atoms with Gasteiger partial charge in [0.15, 0.2) is 0 Å². The molecule has 1 aliphatic heterocycles. The van der Waals surface area contributed by atoms with Crippen molar-refractivity contribution in [2.75, 3.05) is 24.4 Å². The summed E-state index contributed by atoms with van der Waals surface area (Å²) in [5.41, 5.74) is 2.47. The smallest absolute Gasteiger partial charge is 0.266 e. The topological polar surface area (TPSA) is 84.9 Å². The van der Waals surface area contributed by atoms with Crippen LogP contribution in [0.5, 0.6) is 11.5 Å². The summed E-state index contributed by atoms with van der Waals surface area (Å²) in [6, 6.07) is 16.7. The molecule has 1 aliphatic rings. The number of hydrogen-bond donors (Lipinski definition) is 1. The average Bonchev–Trinajstić information content (AvgIpc) is 3.03. The highest BCUT2D eigenvalue weighted by molar-refractivity contribution is 6.35. The van der Waals surface area contributed by atoms with Crippen molar-refractivity contribution in [2.24, 2.45) is 0 Å². The van der Waals surface area contributed by atoms with E-state index in [0.29, 0.717) is 22.9 Å². The molecule has 0 fully saturated rings. The summed E-state index contributed by atoms with van der Waals surface area (Å²) in [6.07, 6.45) is 0. The summed E-state index contributed by atoms with van der Waals surface area (Å²) in [5, 5.41) is 2.77. The molecule has 31 heavy (non-hydrogen) atoms. The van der Waals surface area contributed by atoms with Gasteiger partial charge in [0, 0.05) is 11.6 Å². The molecular formula is C24H20N2O5. The van der Waals surface area contributed by atoms with Gasteiger partial charge in [-0.3, -0.25) is 14.4 Å². The second kappa shape index (κ2) is 7.95. The third kappa shape index (κ3) is 3.50. The van der Waals surface area contributed by atoms with Crippen molar-refractivity contribution in [3.05, 3.63) is 82.9 Å². The Morgan fingerprint density at radius 1 is 0.871 bits per heavy atom. The molecule has 7 heteroatoms. The number of carbonyl (C=O) groups is 3. The first-order valence-electron chi connectivity index (χ1n) is 9.56. The van der Waals surface area contributed by atoms with E-state index in [1.807, 2.05) is 19.1 Å². The zero-order chi connectivity index (χ0) is 22.1. The first kappa shape index (κ1) is 20.2. The lowest BCUT2D eigenvalue weighted by Gasteiger charge is -2.16. The number of benzene rings is 3. The van der Waals surface area contributed by atoms with Crippen molar-refractivity contribution in [1.29, 1.82) is 0 Å². The molecule has 0 spiro atoms. The third-order valence-electron chi connectivity index (χ3n) is 5.16. The fraction of sp³-hybridized carbons (Fsp3) is 0.125. The van der Waals surface area contributed by atoms with Crippen LogP contribution in [-0.4, -0.2) is 31.9 Å². The molecule has 3 aromatic rings. The number of anilines is 2. The first-order chi connectivity index (χ1) is 14.9. The van der Waals surface area contributed by atoms with Crippen molar-refractivity contribution < 1.29 is 23.9 Å². The van der Waals surface area contributed by atoms with E-state index in [1.54, 1.807) is 30.3 Å². The fourth-order valence-corrected chi connectivity index (χ4v) is 3.52. The maximum absolute atomic E-state index is 13.0. The Morgan fingerprint density at radius 3 is 2.32 bits per heavy atom. The minimum atomic E-state index is -0.456. The van der Waals surface area contributed by atoms with E-state index in [4.69, 9.17) is 9.47 Å². The molecule has 0 unspecified atom stereocenters. The number of nitrogens with zero attached hydrogens (tertiary/aromatic N) is 1. The summed E-state index contributed by atoms with van der Waals surface area (Å²) >= 11 is 0. The van der Waals surface area contributed by atoms with Gasteiger partial charge in [-0.1, -0.05) is 18.2 Å². The molecule has 3 aromatic carbocycles. The number of para-hydroxylation sites is 1. The number of imide groups is 1. The Labute approximate surface area is 179 Å². The second-order valence-electron chi connectivity index (χ2n) is 7.01. The number of rotatable bonds is 5. The zero-order valence-corrected chi connectivity index (χ0v) is 17.3. The molecule has 3 amide bonds. The number of fused-ring (bicyclic) bond motifs is 1. The number of aryl methyl sites for hydroxylation is 1. The number of ether oxygens (including phenoxy) is 2. The number of nitrogens with one attached hydrogen (secondary N) is 1. The summed E-state index contributed by atoms with van der Waals surface area (Å²) in [4.78, 5) is 39.9. The summed E-state index contributed by atoms with van der Waals surface area (Å²) in [5.74, 6) is -0.283. The van der Waals surface area contributed by atoms with Crippen LogP contribution in [0.2, 0.25) is 0 Å². The van der Waals surface area contributed by atoms with Crippen molar-refractivity contribution in [3.63, 3.8) is 0 Å². The Kier molecular flexibility index (Phi) is 5.17. The van der Waals surface area contributed by atoms with Gasteiger partial charge in [0.1, 0.15) is 11.5 Å². The molecule has 0 radical (unpaired) electrons. The predicted octanol–water partition coefficient (Wildman–Crippen LogP) is 4.07. The van der Waals surface area contributed by atoms with Gasteiger partial charge in [-0.2, -0.15) is 0 Å². The van der Waals surface area contributed by atoms with E-state index < -0.39 is 17.7 Å². The quantitative estimate of drug-likeness (QED) is 0.634. The van der Waals surface area contributed by atoms with Crippen LogP contribution in [-0.2, 0) is 0 Å². The van der Waals surface area contributed by atoms with Crippen LogP contribution in [0.15, 0.2) is 60.7 Å². The van der Waals surface area contributed by atoms with E-state index in [-0.39, 0.29) is 16.7 Å². The van der Waals surface area contributed by atoms with Gasteiger partial charge in [-0.05, 0) is 48.9 Å². The number of methoxy groups -OCH3 is 2. The molecule has 0 saturated carbocycles. The highest BCUT2D eigenvalue weighted by atomic mass is 16.5. The van der Waals surface area contributed by atoms with E-state index in [9.17, 15) is 14.4 Å². The van der Waals surface area contributed by atoms with Crippen LogP contribution in [0.25, 0.3) is 0 Å². The van der Waals surface area contributed by atoms with Crippen molar-refractivity contribution in [1.82, 2.24) is 0 Å². The number of amides is 3. The summed E-state index contributed by atoms with van der Waals surface area (Å²) in [6.45, 7) is 1.83. The standard InChI is InChI=1S/C24H20N2O5/c1-14-6-4-5-7-20(14)26-23(28)17-10-8-15(12-18(17)24(26)29)22(27)25-19-13-16(30-2)9-11-21(19)31-3/h4-13H,1-3H3,(H,25,27). The lowest BCUT2D eigenvalue weighted by Crippen LogP contribution is -2.29. The van der Waals surface area contributed by atoms with Gasteiger partial charge in [0.05, 0.1) is 36.7 Å². The molecule has 0 saturated heterocycles. The SMILES string of the molecule is COc1ccc(OC)c(NC(=O)c2ccc3c(c2)C(=O)N(c2ccccc2C)C3=O)c1. The molecule has 156 valence electrons. The van der Waals surface area contributed by atoms with E-state index in [2.05, 4.69) is 5.32 Å². The Hall–Kier alpha value is -4.13. The van der Waals surface area contributed by atoms with E-state index >= 15 is 0 Å². The van der Waals surface area contributed by atoms with Crippen LogP contribution in [0.4, 0.5) is 11.4 Å². The van der Waals surface area contributed by atoms with Crippen LogP contribution in [0.3, 0.4) is 0 Å². The molecule has 1 heterocycles. The summed E-state index contributed by atoms with van der Waals surface area (Å²) < 4.78 is 10.5. The normalized spacial score (nSPS) is 12.5. The zero-order valence-electron chi connectivity index (χ0n) is 17.3. The fourth-order valence-electron chi connectivity index (χ4n) is 3.52. The van der Waals surface area contributed by atoms with E-state index in [0.717, 1.165) is 10.5 Å². The number of carbonyl (C=O) groups excluding carboxylic acids is 3. The van der Waals surface area contributed by atoms with Gasteiger partial charge in [-0.25, -0.2) is 4.90 Å². The predicted molar refractivity (Wildman–Crippen MR) is 116 cm³/mol. The lowest BCUT2D eigenvalue weighted by molar-refractivity contribution is 0.0925. The monoisotopic (exact) mass is 416 g/mol. The third-order valence-corrected chi connectivity index (χ3v) is 5.16.